The van der Waals surface area contributed by atoms with Gasteiger partial charge >= 0.3 is 0 Å². The molecule has 4 nitrogen and oxygen atoms in total. The quantitative estimate of drug-likeness (QED) is 0.815. The molecule has 0 bridgehead atoms. The van der Waals surface area contributed by atoms with E-state index in [1.165, 1.54) is 12.1 Å². The van der Waals surface area contributed by atoms with Crippen molar-refractivity contribution < 1.29 is 8.91 Å². The molecule has 0 spiro atoms. The Labute approximate surface area is 125 Å². The molecule has 1 aromatic carbocycles. The second-order valence-corrected chi connectivity index (χ2v) is 5.84. The van der Waals surface area contributed by atoms with E-state index in [-0.39, 0.29) is 11.9 Å². The Balaban J connectivity index is 1.98. The zero-order valence-electron chi connectivity index (χ0n) is 13.0. The molecule has 0 saturated carbocycles. The van der Waals surface area contributed by atoms with Gasteiger partial charge in [0.15, 0.2) is 5.82 Å². The van der Waals surface area contributed by atoms with E-state index in [2.05, 4.69) is 35.8 Å². The fraction of sp³-hybridized carbons (Fsp3) is 0.500. The molecule has 0 aliphatic heterocycles. The predicted octanol–water partition coefficient (Wildman–Crippen LogP) is 3.60. The van der Waals surface area contributed by atoms with Crippen molar-refractivity contribution in [2.75, 3.05) is 7.05 Å². The summed E-state index contributed by atoms with van der Waals surface area (Å²) in [5.41, 5.74) is 1.06. The van der Waals surface area contributed by atoms with Gasteiger partial charge in [-0.2, -0.15) is 4.98 Å². The summed E-state index contributed by atoms with van der Waals surface area (Å²) in [4.78, 5) is 6.51. The van der Waals surface area contributed by atoms with Crippen molar-refractivity contribution in [3.05, 3.63) is 47.4 Å². The second-order valence-electron chi connectivity index (χ2n) is 5.84. The number of hydrogen-bond acceptors (Lipinski definition) is 4. The molecule has 0 fully saturated rings. The van der Waals surface area contributed by atoms with Crippen LogP contribution in [0.15, 0.2) is 28.8 Å². The topological polar surface area (TPSA) is 42.2 Å². The second kappa shape index (κ2) is 6.80. The molecule has 0 radical (unpaired) electrons. The molecule has 2 aromatic rings. The van der Waals surface area contributed by atoms with Gasteiger partial charge in [0.25, 0.3) is 0 Å². The Bertz CT molecular complexity index is 565. The minimum absolute atomic E-state index is 0.151. The molecular formula is C16H22FN3O. The van der Waals surface area contributed by atoms with E-state index in [1.54, 1.807) is 12.1 Å². The van der Waals surface area contributed by atoms with Crippen LogP contribution >= 0.6 is 0 Å². The SMILES string of the molecule is CC(C)Cc1nc(CN(C)C(C)c2ccc(F)cc2)no1. The number of aromatic nitrogens is 2. The maximum Gasteiger partial charge on any atom is 0.226 e. The molecule has 1 heterocycles. The van der Waals surface area contributed by atoms with Crippen LogP contribution in [-0.4, -0.2) is 22.1 Å². The fourth-order valence-corrected chi connectivity index (χ4v) is 2.14. The average Bonchev–Trinajstić information content (AvgIpc) is 2.85. The molecule has 0 amide bonds. The summed E-state index contributed by atoms with van der Waals surface area (Å²) in [5, 5.41) is 4.01. The lowest BCUT2D eigenvalue weighted by Crippen LogP contribution is -2.22. The van der Waals surface area contributed by atoms with Crippen molar-refractivity contribution in [3.8, 4) is 0 Å². The van der Waals surface area contributed by atoms with Gasteiger partial charge in [-0.15, -0.1) is 0 Å². The maximum atomic E-state index is 13.0. The summed E-state index contributed by atoms with van der Waals surface area (Å²) in [6.07, 6.45) is 0.796. The van der Waals surface area contributed by atoms with Gasteiger partial charge in [-0.3, -0.25) is 4.90 Å². The van der Waals surface area contributed by atoms with Crippen LogP contribution in [0.2, 0.25) is 0 Å². The molecule has 0 N–H and O–H groups in total. The van der Waals surface area contributed by atoms with E-state index in [0.717, 1.165) is 12.0 Å². The van der Waals surface area contributed by atoms with Crippen molar-refractivity contribution in [1.29, 1.82) is 0 Å². The molecule has 5 heteroatoms. The van der Waals surface area contributed by atoms with E-state index in [1.807, 2.05) is 7.05 Å². The first-order chi connectivity index (χ1) is 9.95. The molecule has 1 aromatic heterocycles. The summed E-state index contributed by atoms with van der Waals surface area (Å²) < 4.78 is 18.2. The Morgan fingerprint density at radius 3 is 2.48 bits per heavy atom. The summed E-state index contributed by atoms with van der Waals surface area (Å²) in [6.45, 7) is 6.90. The molecule has 0 saturated heterocycles. The highest BCUT2D eigenvalue weighted by Crippen LogP contribution is 2.20. The molecule has 0 aliphatic rings. The first-order valence-corrected chi connectivity index (χ1v) is 7.23. The van der Waals surface area contributed by atoms with Crippen LogP contribution in [0.1, 0.15) is 44.1 Å². The molecule has 114 valence electrons. The summed E-state index contributed by atoms with van der Waals surface area (Å²) in [7, 11) is 1.99. The van der Waals surface area contributed by atoms with E-state index < -0.39 is 0 Å². The highest BCUT2D eigenvalue weighted by Gasteiger charge is 2.15. The van der Waals surface area contributed by atoms with Crippen LogP contribution < -0.4 is 0 Å². The lowest BCUT2D eigenvalue weighted by Gasteiger charge is -2.23. The van der Waals surface area contributed by atoms with E-state index in [0.29, 0.717) is 24.2 Å². The average molecular weight is 291 g/mol. The van der Waals surface area contributed by atoms with Gasteiger partial charge in [-0.25, -0.2) is 4.39 Å². The van der Waals surface area contributed by atoms with Crippen molar-refractivity contribution in [3.63, 3.8) is 0 Å². The van der Waals surface area contributed by atoms with Crippen LogP contribution in [-0.2, 0) is 13.0 Å². The molecule has 0 aliphatic carbocycles. The van der Waals surface area contributed by atoms with Gasteiger partial charge in [0.1, 0.15) is 5.82 Å². The third-order valence-corrected chi connectivity index (χ3v) is 3.50. The number of nitrogens with zero attached hydrogens (tertiary/aromatic N) is 3. The number of rotatable bonds is 6. The highest BCUT2D eigenvalue weighted by molar-refractivity contribution is 5.19. The molecule has 1 atom stereocenters. The molecule has 1 unspecified atom stereocenters. The van der Waals surface area contributed by atoms with E-state index in [9.17, 15) is 4.39 Å². The van der Waals surface area contributed by atoms with Crippen molar-refractivity contribution >= 4 is 0 Å². The van der Waals surface area contributed by atoms with E-state index >= 15 is 0 Å². The molecule has 2 rings (SSSR count). The van der Waals surface area contributed by atoms with Crippen LogP contribution in [0.4, 0.5) is 4.39 Å². The number of benzene rings is 1. The van der Waals surface area contributed by atoms with Gasteiger partial charge in [0.05, 0.1) is 6.54 Å². The molecule has 21 heavy (non-hydrogen) atoms. The minimum Gasteiger partial charge on any atom is -0.339 e. The van der Waals surface area contributed by atoms with Crippen molar-refractivity contribution in [2.45, 2.75) is 39.8 Å². The molecular weight excluding hydrogens is 269 g/mol. The Hall–Kier alpha value is -1.75. The monoisotopic (exact) mass is 291 g/mol. The largest absolute Gasteiger partial charge is 0.339 e. The van der Waals surface area contributed by atoms with Gasteiger partial charge in [0, 0.05) is 12.5 Å². The van der Waals surface area contributed by atoms with Gasteiger partial charge in [0.2, 0.25) is 5.89 Å². The van der Waals surface area contributed by atoms with Gasteiger partial charge < -0.3 is 4.52 Å². The normalized spacial score (nSPS) is 13.1. The Morgan fingerprint density at radius 2 is 1.86 bits per heavy atom. The minimum atomic E-state index is -0.218. The lowest BCUT2D eigenvalue weighted by molar-refractivity contribution is 0.242. The van der Waals surface area contributed by atoms with E-state index in [4.69, 9.17) is 4.52 Å². The smallest absolute Gasteiger partial charge is 0.226 e. The van der Waals surface area contributed by atoms with Crippen LogP contribution in [0.25, 0.3) is 0 Å². The third-order valence-electron chi connectivity index (χ3n) is 3.50. The fourth-order valence-electron chi connectivity index (χ4n) is 2.14. The summed E-state index contributed by atoms with van der Waals surface area (Å²) in [5.74, 6) is 1.64. The zero-order chi connectivity index (χ0) is 15.4. The van der Waals surface area contributed by atoms with Gasteiger partial charge in [-0.1, -0.05) is 31.1 Å². The standard InChI is InChI=1S/C16H22FN3O/c1-11(2)9-16-18-15(19-21-16)10-20(4)12(3)13-5-7-14(17)8-6-13/h5-8,11-12H,9-10H2,1-4H3. The highest BCUT2D eigenvalue weighted by atomic mass is 19.1. The first kappa shape index (κ1) is 15.6. The van der Waals surface area contributed by atoms with Crippen LogP contribution in [0.3, 0.4) is 0 Å². The van der Waals surface area contributed by atoms with Crippen LogP contribution in [0, 0.1) is 11.7 Å². The Kier molecular flexibility index (Phi) is 5.07. The summed E-state index contributed by atoms with van der Waals surface area (Å²) in [6, 6.07) is 6.72. The number of halogens is 1. The first-order valence-electron chi connectivity index (χ1n) is 7.23. The zero-order valence-corrected chi connectivity index (χ0v) is 13.0. The number of hydrogen-bond donors (Lipinski definition) is 0. The lowest BCUT2D eigenvalue weighted by atomic mass is 10.1. The van der Waals surface area contributed by atoms with Crippen molar-refractivity contribution in [1.82, 2.24) is 15.0 Å². The van der Waals surface area contributed by atoms with Crippen molar-refractivity contribution in [2.24, 2.45) is 5.92 Å². The summed E-state index contributed by atoms with van der Waals surface area (Å²) >= 11 is 0. The maximum absolute atomic E-state index is 13.0. The van der Waals surface area contributed by atoms with Gasteiger partial charge in [-0.05, 0) is 37.6 Å². The predicted molar refractivity (Wildman–Crippen MR) is 79.1 cm³/mol. The third kappa shape index (κ3) is 4.36. The van der Waals surface area contributed by atoms with Crippen LogP contribution in [0.5, 0.6) is 0 Å². The Morgan fingerprint density at radius 1 is 1.19 bits per heavy atom.